The van der Waals surface area contributed by atoms with E-state index in [1.165, 1.54) is 0 Å². The van der Waals surface area contributed by atoms with Crippen LogP contribution in [0.3, 0.4) is 0 Å². The van der Waals surface area contributed by atoms with Gasteiger partial charge in [-0.3, -0.25) is 0 Å². The molecule has 0 aromatic heterocycles. The molecule has 0 atom stereocenters. The molecule has 0 aliphatic rings. The smallest absolute Gasteiger partial charge is 0.119 e. The van der Waals surface area contributed by atoms with Crippen LogP contribution in [-0.2, 0) is 0 Å². The van der Waals surface area contributed by atoms with Crippen LogP contribution in [0, 0.1) is 0 Å². The molecule has 0 bridgehead atoms. The first kappa shape index (κ1) is 22.1. The van der Waals surface area contributed by atoms with Crippen LogP contribution < -0.4 is 14.5 Å². The highest BCUT2D eigenvalue weighted by Crippen LogP contribution is 2.39. The van der Waals surface area contributed by atoms with Crippen molar-refractivity contribution >= 4 is 34.1 Å². The van der Waals surface area contributed by atoms with E-state index in [0.29, 0.717) is 0 Å². The first-order valence-electron chi connectivity index (χ1n) is 11.5. The Kier molecular flexibility index (Phi) is 6.35. The molecule has 35 heavy (non-hydrogen) atoms. The molecule has 0 fully saturated rings. The molecule has 1 N–H and O–H groups in total. The maximum atomic E-state index is 9.79. The Hall–Kier alpha value is -4.70. The van der Waals surface area contributed by atoms with Crippen molar-refractivity contribution in [1.29, 1.82) is 0 Å². The van der Waals surface area contributed by atoms with E-state index in [1.54, 1.807) is 19.2 Å². The quantitative estimate of drug-likeness (QED) is 0.266. The van der Waals surface area contributed by atoms with E-state index < -0.39 is 0 Å². The molecular weight excluding hydrogens is 432 g/mol. The summed E-state index contributed by atoms with van der Waals surface area (Å²) in [4.78, 5) is 4.39. The fourth-order valence-electron chi connectivity index (χ4n) is 4.13. The first-order valence-corrected chi connectivity index (χ1v) is 11.5. The lowest BCUT2D eigenvalue weighted by Crippen LogP contribution is -2.12. The van der Waals surface area contributed by atoms with Crippen molar-refractivity contribution in [3.63, 3.8) is 0 Å². The van der Waals surface area contributed by atoms with Crippen LogP contribution in [0.2, 0.25) is 0 Å². The largest absolute Gasteiger partial charge is 0.508 e. The summed E-state index contributed by atoms with van der Waals surface area (Å²) in [5.74, 6) is 1.07. The number of methoxy groups -OCH3 is 1. The van der Waals surface area contributed by atoms with E-state index in [-0.39, 0.29) is 5.75 Å². The van der Waals surface area contributed by atoms with Gasteiger partial charge in [-0.1, -0.05) is 36.4 Å². The molecule has 172 valence electrons. The van der Waals surface area contributed by atoms with Gasteiger partial charge < -0.3 is 19.6 Å². The van der Waals surface area contributed by atoms with Crippen molar-refractivity contribution in [3.05, 3.63) is 133 Å². The van der Waals surface area contributed by atoms with Crippen LogP contribution in [0.4, 0.5) is 34.1 Å². The molecule has 5 rings (SSSR count). The van der Waals surface area contributed by atoms with E-state index in [9.17, 15) is 5.11 Å². The molecule has 5 aromatic rings. The van der Waals surface area contributed by atoms with E-state index in [2.05, 4.69) is 70.5 Å². The Balaban J connectivity index is 1.56. The minimum absolute atomic E-state index is 0.245. The van der Waals surface area contributed by atoms with Gasteiger partial charge >= 0.3 is 0 Å². The molecule has 4 nitrogen and oxygen atoms in total. The Morgan fingerprint density at radius 1 is 0.429 bits per heavy atom. The average molecular weight is 459 g/mol. The van der Waals surface area contributed by atoms with Gasteiger partial charge in [0.25, 0.3) is 0 Å². The van der Waals surface area contributed by atoms with Crippen molar-refractivity contribution in [2.24, 2.45) is 0 Å². The second kappa shape index (κ2) is 10.1. The topological polar surface area (TPSA) is 35.9 Å². The number of rotatable bonds is 7. The van der Waals surface area contributed by atoms with Crippen LogP contribution in [0.5, 0.6) is 11.5 Å². The number of phenolic OH excluding ortho intramolecular Hbond substituents is 1. The fourth-order valence-corrected chi connectivity index (χ4v) is 4.13. The van der Waals surface area contributed by atoms with E-state index in [1.807, 2.05) is 60.7 Å². The normalized spacial score (nSPS) is 10.5. The minimum Gasteiger partial charge on any atom is -0.508 e. The molecule has 0 radical (unpaired) electrons. The Morgan fingerprint density at radius 3 is 1.11 bits per heavy atom. The maximum absolute atomic E-state index is 9.79. The predicted molar refractivity (Wildman–Crippen MR) is 144 cm³/mol. The van der Waals surface area contributed by atoms with Crippen molar-refractivity contribution in [1.82, 2.24) is 0 Å². The number of para-hydroxylation sites is 2. The summed E-state index contributed by atoms with van der Waals surface area (Å²) in [6.07, 6.45) is 0. The van der Waals surface area contributed by atoms with Gasteiger partial charge in [0.05, 0.1) is 7.11 Å². The highest BCUT2D eigenvalue weighted by atomic mass is 16.5. The van der Waals surface area contributed by atoms with E-state index in [4.69, 9.17) is 4.74 Å². The molecule has 0 saturated heterocycles. The van der Waals surface area contributed by atoms with Gasteiger partial charge in [0.1, 0.15) is 11.5 Å². The van der Waals surface area contributed by atoms with Crippen LogP contribution in [-0.4, -0.2) is 12.2 Å². The third-order valence-corrected chi connectivity index (χ3v) is 5.83. The monoisotopic (exact) mass is 458 g/mol. The predicted octanol–water partition coefficient (Wildman–Crippen LogP) is 8.34. The van der Waals surface area contributed by atoms with Crippen LogP contribution in [0.25, 0.3) is 0 Å². The summed E-state index contributed by atoms with van der Waals surface area (Å²) < 4.78 is 5.35. The molecular formula is C31H26N2O2. The number of anilines is 6. The number of ether oxygens (including phenoxy) is 1. The summed E-state index contributed by atoms with van der Waals surface area (Å²) in [7, 11) is 1.68. The second-order valence-corrected chi connectivity index (χ2v) is 8.07. The summed E-state index contributed by atoms with van der Waals surface area (Å²) in [6, 6.07) is 44.4. The zero-order valence-corrected chi connectivity index (χ0v) is 19.5. The van der Waals surface area contributed by atoms with Gasteiger partial charge in [0.15, 0.2) is 0 Å². The number of hydrogen-bond acceptors (Lipinski definition) is 4. The highest BCUT2D eigenvalue weighted by Gasteiger charge is 2.15. The number of hydrogen-bond donors (Lipinski definition) is 1. The summed E-state index contributed by atoms with van der Waals surface area (Å²) in [5.41, 5.74) is 6.20. The Bertz CT molecular complexity index is 1350. The van der Waals surface area contributed by atoms with Crippen molar-refractivity contribution in [2.75, 3.05) is 16.9 Å². The molecule has 0 saturated carbocycles. The lowest BCUT2D eigenvalue weighted by atomic mass is 10.1. The summed E-state index contributed by atoms with van der Waals surface area (Å²) in [5, 5.41) is 9.79. The zero-order chi connectivity index (χ0) is 24.0. The molecule has 0 heterocycles. The third-order valence-electron chi connectivity index (χ3n) is 5.83. The molecule has 5 aromatic carbocycles. The third kappa shape index (κ3) is 4.82. The number of aromatic hydroxyl groups is 1. The Morgan fingerprint density at radius 2 is 0.743 bits per heavy atom. The van der Waals surface area contributed by atoms with Gasteiger partial charge in [-0.2, -0.15) is 0 Å². The summed E-state index contributed by atoms with van der Waals surface area (Å²) >= 11 is 0. The fraction of sp³-hybridized carbons (Fsp3) is 0.0323. The summed E-state index contributed by atoms with van der Waals surface area (Å²) in [6.45, 7) is 0. The van der Waals surface area contributed by atoms with Gasteiger partial charge in [-0.05, 0) is 97.1 Å². The SMILES string of the molecule is COc1ccc(N(c2ccccc2)c2ccc(N(c3ccccc3)c3ccc(O)cc3)cc2)cc1. The van der Waals surface area contributed by atoms with Gasteiger partial charge in [-0.25, -0.2) is 0 Å². The van der Waals surface area contributed by atoms with Gasteiger partial charge in [0.2, 0.25) is 0 Å². The molecule has 0 aliphatic heterocycles. The lowest BCUT2D eigenvalue weighted by Gasteiger charge is -2.28. The van der Waals surface area contributed by atoms with Gasteiger partial charge in [0, 0.05) is 34.1 Å². The Labute approximate surface area is 205 Å². The minimum atomic E-state index is 0.245. The molecule has 0 amide bonds. The van der Waals surface area contributed by atoms with Crippen LogP contribution in [0.1, 0.15) is 0 Å². The zero-order valence-electron chi connectivity index (χ0n) is 19.5. The average Bonchev–Trinajstić information content (AvgIpc) is 2.93. The number of benzene rings is 5. The second-order valence-electron chi connectivity index (χ2n) is 8.07. The molecule has 0 aliphatic carbocycles. The maximum Gasteiger partial charge on any atom is 0.119 e. The molecule has 0 unspecified atom stereocenters. The number of nitrogens with zero attached hydrogens (tertiary/aromatic N) is 2. The van der Waals surface area contributed by atoms with E-state index >= 15 is 0 Å². The van der Waals surface area contributed by atoms with Crippen molar-refractivity contribution < 1.29 is 9.84 Å². The number of phenols is 1. The molecule has 4 heteroatoms. The van der Waals surface area contributed by atoms with E-state index in [0.717, 1.165) is 39.9 Å². The van der Waals surface area contributed by atoms with Gasteiger partial charge in [-0.15, -0.1) is 0 Å². The molecule has 0 spiro atoms. The highest BCUT2D eigenvalue weighted by molar-refractivity contribution is 5.81. The lowest BCUT2D eigenvalue weighted by molar-refractivity contribution is 0.415. The van der Waals surface area contributed by atoms with Crippen LogP contribution in [0.15, 0.2) is 133 Å². The van der Waals surface area contributed by atoms with Crippen molar-refractivity contribution in [3.8, 4) is 11.5 Å². The first-order chi connectivity index (χ1) is 17.2. The van der Waals surface area contributed by atoms with Crippen LogP contribution >= 0.6 is 0 Å². The standard InChI is InChI=1S/C31H26N2O2/c1-35-31-22-18-29(19-23-31)33(25-10-6-3-7-11-25)27-14-12-26(13-15-27)32(24-8-4-2-5-9-24)28-16-20-30(34)21-17-28/h2-23,34H,1H3. The van der Waals surface area contributed by atoms with Crippen molar-refractivity contribution in [2.45, 2.75) is 0 Å².